The third-order valence-electron chi connectivity index (χ3n) is 5.11. The van der Waals surface area contributed by atoms with Gasteiger partial charge in [-0.15, -0.1) is 0 Å². The number of benzene rings is 2. The Morgan fingerprint density at radius 1 is 0.857 bits per heavy atom. The van der Waals surface area contributed by atoms with Crippen molar-refractivity contribution >= 4 is 23.3 Å². The minimum absolute atomic E-state index is 0.00540. The van der Waals surface area contributed by atoms with Crippen LogP contribution in [0.3, 0.4) is 0 Å². The fraction of sp³-hybridized carbons (Fsp3) is 0.318. The number of amides is 2. The lowest BCUT2D eigenvalue weighted by Gasteiger charge is -2.37. The minimum atomic E-state index is -0.304. The molecule has 1 atom stereocenters. The van der Waals surface area contributed by atoms with E-state index in [4.69, 9.17) is 0 Å². The van der Waals surface area contributed by atoms with Gasteiger partial charge in [0.2, 0.25) is 5.91 Å². The molecule has 3 rings (SSSR count). The Morgan fingerprint density at radius 2 is 1.46 bits per heavy atom. The van der Waals surface area contributed by atoms with E-state index in [0.29, 0.717) is 43.0 Å². The molecule has 2 aromatic carbocycles. The summed E-state index contributed by atoms with van der Waals surface area (Å²) in [7, 11) is 0. The maximum Gasteiger partial charge on any atom is 0.253 e. The summed E-state index contributed by atoms with van der Waals surface area (Å²) in [4.78, 5) is 40.3. The predicted octanol–water partition coefficient (Wildman–Crippen LogP) is 2.67. The van der Waals surface area contributed by atoms with Gasteiger partial charge < -0.3 is 10.2 Å². The van der Waals surface area contributed by atoms with Crippen LogP contribution >= 0.6 is 0 Å². The van der Waals surface area contributed by atoms with E-state index in [2.05, 4.69) is 10.2 Å². The number of piperazine rings is 1. The number of hydrogen-bond donors (Lipinski definition) is 1. The molecular weight excluding hydrogens is 354 g/mol. The molecule has 0 bridgehead atoms. The number of carbonyl (C=O) groups excluding carboxylic acids is 3. The van der Waals surface area contributed by atoms with Gasteiger partial charge in [0.15, 0.2) is 5.78 Å². The Morgan fingerprint density at radius 3 is 2.04 bits per heavy atom. The summed E-state index contributed by atoms with van der Waals surface area (Å²) in [5.74, 6) is -0.0736. The lowest BCUT2D eigenvalue weighted by molar-refractivity contribution is -0.121. The quantitative estimate of drug-likeness (QED) is 0.811. The van der Waals surface area contributed by atoms with Crippen molar-refractivity contribution in [3.05, 3.63) is 65.7 Å². The summed E-state index contributed by atoms with van der Waals surface area (Å²) in [6.07, 6.45) is 0. The monoisotopic (exact) mass is 379 g/mol. The SMILES string of the molecule is CC(=O)c1ccc(NC(=O)[C@@H](C)N2CCN(C(=O)c3ccccc3)CC2)cc1. The number of ketones is 1. The molecule has 28 heavy (non-hydrogen) atoms. The smallest absolute Gasteiger partial charge is 0.253 e. The van der Waals surface area contributed by atoms with Crippen LogP contribution in [0.1, 0.15) is 34.6 Å². The van der Waals surface area contributed by atoms with Crippen molar-refractivity contribution in [1.29, 1.82) is 0 Å². The highest BCUT2D eigenvalue weighted by atomic mass is 16.2. The number of nitrogens with one attached hydrogen (secondary N) is 1. The lowest BCUT2D eigenvalue weighted by Crippen LogP contribution is -2.54. The van der Waals surface area contributed by atoms with Crippen molar-refractivity contribution in [1.82, 2.24) is 9.80 Å². The van der Waals surface area contributed by atoms with Crippen LogP contribution in [0.4, 0.5) is 5.69 Å². The lowest BCUT2D eigenvalue weighted by atomic mass is 10.1. The second-order valence-electron chi connectivity index (χ2n) is 6.99. The van der Waals surface area contributed by atoms with Crippen molar-refractivity contribution < 1.29 is 14.4 Å². The molecule has 1 saturated heterocycles. The largest absolute Gasteiger partial charge is 0.336 e. The number of carbonyl (C=O) groups is 3. The van der Waals surface area contributed by atoms with Crippen molar-refractivity contribution in [3.8, 4) is 0 Å². The van der Waals surface area contributed by atoms with Crippen LogP contribution in [0.25, 0.3) is 0 Å². The number of hydrogen-bond acceptors (Lipinski definition) is 4. The van der Waals surface area contributed by atoms with E-state index < -0.39 is 0 Å². The van der Waals surface area contributed by atoms with Gasteiger partial charge in [-0.05, 0) is 50.2 Å². The topological polar surface area (TPSA) is 69.7 Å². The van der Waals surface area contributed by atoms with Crippen LogP contribution in [-0.2, 0) is 4.79 Å². The molecule has 0 radical (unpaired) electrons. The summed E-state index contributed by atoms with van der Waals surface area (Å²) in [5, 5.41) is 2.89. The first-order chi connectivity index (χ1) is 13.5. The molecule has 1 heterocycles. The Balaban J connectivity index is 1.53. The standard InChI is InChI=1S/C22H25N3O3/c1-16(21(27)23-20-10-8-18(9-11-20)17(2)26)24-12-14-25(15-13-24)22(28)19-6-4-3-5-7-19/h3-11,16H,12-15H2,1-2H3,(H,23,27)/t16-/m1/s1. The van der Waals surface area contributed by atoms with E-state index in [1.54, 1.807) is 24.3 Å². The highest BCUT2D eigenvalue weighted by molar-refractivity contribution is 5.97. The first-order valence-electron chi connectivity index (χ1n) is 9.46. The predicted molar refractivity (Wildman–Crippen MR) is 108 cm³/mol. The van der Waals surface area contributed by atoms with Gasteiger partial charge in [-0.25, -0.2) is 0 Å². The van der Waals surface area contributed by atoms with Gasteiger partial charge in [-0.2, -0.15) is 0 Å². The van der Waals surface area contributed by atoms with Gasteiger partial charge >= 0.3 is 0 Å². The van der Waals surface area contributed by atoms with Gasteiger partial charge in [0.1, 0.15) is 0 Å². The van der Waals surface area contributed by atoms with Crippen LogP contribution in [0.2, 0.25) is 0 Å². The van der Waals surface area contributed by atoms with Crippen molar-refractivity contribution in [3.63, 3.8) is 0 Å². The molecule has 146 valence electrons. The second-order valence-corrected chi connectivity index (χ2v) is 6.99. The highest BCUT2D eigenvalue weighted by Gasteiger charge is 2.27. The summed E-state index contributed by atoms with van der Waals surface area (Å²) < 4.78 is 0. The molecule has 0 aliphatic carbocycles. The molecule has 2 amide bonds. The van der Waals surface area contributed by atoms with Crippen LogP contribution in [-0.4, -0.2) is 59.6 Å². The first-order valence-corrected chi connectivity index (χ1v) is 9.46. The third kappa shape index (κ3) is 4.64. The van der Waals surface area contributed by atoms with Crippen molar-refractivity contribution in [2.24, 2.45) is 0 Å². The molecule has 1 aliphatic rings. The number of rotatable bonds is 5. The van der Waals surface area contributed by atoms with E-state index in [9.17, 15) is 14.4 Å². The molecule has 6 nitrogen and oxygen atoms in total. The van der Waals surface area contributed by atoms with Gasteiger partial charge in [-0.1, -0.05) is 18.2 Å². The fourth-order valence-electron chi connectivity index (χ4n) is 3.28. The van der Waals surface area contributed by atoms with E-state index in [0.717, 1.165) is 0 Å². The fourth-order valence-corrected chi connectivity index (χ4v) is 3.28. The second kappa shape index (κ2) is 8.80. The number of Topliss-reactive ketones (excluding diaryl/α,β-unsaturated/α-hetero) is 1. The van der Waals surface area contributed by atoms with E-state index in [1.807, 2.05) is 42.2 Å². The third-order valence-corrected chi connectivity index (χ3v) is 5.11. The van der Waals surface area contributed by atoms with Crippen molar-refractivity contribution in [2.45, 2.75) is 19.9 Å². The molecule has 0 unspecified atom stereocenters. The number of nitrogens with zero attached hydrogens (tertiary/aromatic N) is 2. The van der Waals surface area contributed by atoms with Crippen LogP contribution < -0.4 is 5.32 Å². The van der Waals surface area contributed by atoms with Crippen LogP contribution in [0, 0.1) is 0 Å². The zero-order valence-electron chi connectivity index (χ0n) is 16.2. The van der Waals surface area contributed by atoms with E-state index in [1.165, 1.54) is 6.92 Å². The van der Waals surface area contributed by atoms with Crippen molar-refractivity contribution in [2.75, 3.05) is 31.5 Å². The Bertz CT molecular complexity index is 841. The Hall–Kier alpha value is -2.99. The van der Waals surface area contributed by atoms with E-state index >= 15 is 0 Å². The summed E-state index contributed by atoms with van der Waals surface area (Å²) >= 11 is 0. The zero-order valence-corrected chi connectivity index (χ0v) is 16.2. The maximum absolute atomic E-state index is 12.6. The number of anilines is 1. The molecule has 2 aromatic rings. The van der Waals surface area contributed by atoms with Gasteiger partial charge in [0.25, 0.3) is 5.91 Å². The van der Waals surface area contributed by atoms with Gasteiger partial charge in [0.05, 0.1) is 6.04 Å². The zero-order chi connectivity index (χ0) is 20.1. The molecule has 6 heteroatoms. The molecular formula is C22H25N3O3. The van der Waals surface area contributed by atoms with Gasteiger partial charge in [0, 0.05) is 43.0 Å². The summed E-state index contributed by atoms with van der Waals surface area (Å²) in [6, 6.07) is 15.8. The minimum Gasteiger partial charge on any atom is -0.336 e. The maximum atomic E-state index is 12.6. The highest BCUT2D eigenvalue weighted by Crippen LogP contribution is 2.14. The Kier molecular flexibility index (Phi) is 6.21. The first kappa shape index (κ1) is 19.8. The van der Waals surface area contributed by atoms with E-state index in [-0.39, 0.29) is 23.6 Å². The molecule has 0 aromatic heterocycles. The molecule has 1 aliphatic heterocycles. The molecule has 1 fully saturated rings. The summed E-state index contributed by atoms with van der Waals surface area (Å²) in [6.45, 7) is 5.87. The normalized spacial score (nSPS) is 15.7. The van der Waals surface area contributed by atoms with Crippen LogP contribution in [0.15, 0.2) is 54.6 Å². The molecule has 1 N–H and O–H groups in total. The summed E-state index contributed by atoms with van der Waals surface area (Å²) in [5.41, 5.74) is 1.97. The molecule has 0 spiro atoms. The van der Waals surface area contributed by atoms with Gasteiger partial charge in [-0.3, -0.25) is 19.3 Å². The molecule has 0 saturated carbocycles. The van der Waals surface area contributed by atoms with Crippen LogP contribution in [0.5, 0.6) is 0 Å². The average molecular weight is 379 g/mol. The average Bonchev–Trinajstić information content (AvgIpc) is 2.73. The Labute approximate surface area is 165 Å².